The van der Waals surface area contributed by atoms with E-state index in [9.17, 15) is 24.9 Å². The zero-order chi connectivity index (χ0) is 19.0. The molecule has 2 rings (SSSR count). The maximum atomic E-state index is 12.0. The number of pyridine rings is 1. The number of nitrogens with zero attached hydrogens (tertiary/aromatic N) is 1. The molecule has 0 saturated carbocycles. The van der Waals surface area contributed by atoms with Crippen LogP contribution in [0.4, 0.5) is 5.69 Å². The van der Waals surface area contributed by atoms with Gasteiger partial charge in [-0.3, -0.25) is 14.6 Å². The molecule has 0 saturated heterocycles. The molecule has 0 aliphatic carbocycles. The molecule has 1 aromatic carbocycles. The van der Waals surface area contributed by atoms with E-state index in [4.69, 9.17) is 0 Å². The maximum absolute atomic E-state index is 12.0. The lowest BCUT2D eigenvalue weighted by Crippen LogP contribution is -2.57. The van der Waals surface area contributed by atoms with Crippen molar-refractivity contribution in [2.45, 2.75) is 12.0 Å². The van der Waals surface area contributed by atoms with Crippen molar-refractivity contribution in [2.24, 2.45) is 0 Å². The van der Waals surface area contributed by atoms with Crippen LogP contribution in [0.25, 0.3) is 0 Å². The van der Waals surface area contributed by atoms with Crippen molar-refractivity contribution in [3.63, 3.8) is 0 Å². The van der Waals surface area contributed by atoms with Crippen LogP contribution in [0.15, 0.2) is 48.8 Å². The van der Waals surface area contributed by atoms with Gasteiger partial charge in [-0.05, 0) is 29.8 Å². The number of rotatable bonds is 8. The van der Waals surface area contributed by atoms with Crippen LogP contribution in [0.5, 0.6) is 0 Å². The van der Waals surface area contributed by atoms with Gasteiger partial charge in [0, 0.05) is 18.1 Å². The number of aliphatic hydroxyl groups excluding tert-OH is 3. The summed E-state index contributed by atoms with van der Waals surface area (Å²) in [5.41, 5.74) is 0.224. The van der Waals surface area contributed by atoms with Crippen LogP contribution in [-0.4, -0.2) is 57.5 Å². The Labute approximate surface area is 150 Å². The topological polar surface area (TPSA) is 132 Å². The van der Waals surface area contributed by atoms with E-state index in [-0.39, 0.29) is 12.3 Å². The van der Waals surface area contributed by atoms with Crippen molar-refractivity contribution in [2.75, 3.05) is 25.1 Å². The Balaban J connectivity index is 1.95. The Hall–Kier alpha value is -2.81. The molecule has 0 spiro atoms. The normalized spacial score (nSPS) is 11.0. The van der Waals surface area contributed by atoms with Crippen LogP contribution in [0, 0.1) is 0 Å². The number of aliphatic hydroxyl groups is 3. The summed E-state index contributed by atoms with van der Waals surface area (Å²) in [4.78, 5) is 28.0. The van der Waals surface area contributed by atoms with Gasteiger partial charge in [-0.1, -0.05) is 12.1 Å². The van der Waals surface area contributed by atoms with Crippen molar-refractivity contribution in [3.05, 3.63) is 59.9 Å². The van der Waals surface area contributed by atoms with Crippen LogP contribution in [0.1, 0.15) is 15.9 Å². The maximum Gasteiger partial charge on any atom is 0.257 e. The Bertz CT molecular complexity index is 722. The zero-order valence-corrected chi connectivity index (χ0v) is 14.1. The molecule has 0 aliphatic heterocycles. The second kappa shape index (κ2) is 9.04. The molecule has 0 radical (unpaired) electrons. The molecule has 0 atom stereocenters. The number of aromatic nitrogens is 1. The molecule has 1 heterocycles. The molecule has 2 aromatic rings. The first-order valence-electron chi connectivity index (χ1n) is 7.96. The van der Waals surface area contributed by atoms with E-state index in [2.05, 4.69) is 15.6 Å². The van der Waals surface area contributed by atoms with Gasteiger partial charge in [0.25, 0.3) is 5.91 Å². The minimum atomic E-state index is -1.45. The number of carbonyl (C=O) groups is 2. The van der Waals surface area contributed by atoms with Crippen molar-refractivity contribution in [1.29, 1.82) is 0 Å². The summed E-state index contributed by atoms with van der Waals surface area (Å²) in [5, 5.41) is 32.8. The van der Waals surface area contributed by atoms with Gasteiger partial charge in [0.2, 0.25) is 5.91 Å². The number of carbonyl (C=O) groups excluding carboxylic acids is 2. The lowest BCUT2D eigenvalue weighted by Gasteiger charge is -2.28. The van der Waals surface area contributed by atoms with E-state index in [0.29, 0.717) is 16.8 Å². The lowest BCUT2D eigenvalue weighted by atomic mass is 10.0. The summed E-state index contributed by atoms with van der Waals surface area (Å²) < 4.78 is 0. The number of benzene rings is 1. The molecule has 8 nitrogen and oxygen atoms in total. The highest BCUT2D eigenvalue weighted by atomic mass is 16.3. The predicted octanol–water partition coefficient (Wildman–Crippen LogP) is -0.292. The SMILES string of the molecule is O=C(Cc1ccc(NC(=O)c2cccnc2)cc1)NC(CO)(CO)CO. The molecule has 0 unspecified atom stereocenters. The number of hydrogen-bond acceptors (Lipinski definition) is 6. The summed E-state index contributed by atoms with van der Waals surface area (Å²) in [6, 6.07) is 10.00. The monoisotopic (exact) mass is 359 g/mol. The molecular weight excluding hydrogens is 338 g/mol. The molecule has 0 bridgehead atoms. The molecule has 138 valence electrons. The minimum Gasteiger partial charge on any atom is -0.394 e. The van der Waals surface area contributed by atoms with E-state index in [0.717, 1.165) is 0 Å². The third-order valence-electron chi connectivity index (χ3n) is 3.81. The lowest BCUT2D eigenvalue weighted by molar-refractivity contribution is -0.124. The third-order valence-corrected chi connectivity index (χ3v) is 3.81. The molecule has 2 amide bonds. The molecule has 8 heteroatoms. The Morgan fingerprint density at radius 1 is 1.00 bits per heavy atom. The Morgan fingerprint density at radius 2 is 1.65 bits per heavy atom. The fraction of sp³-hybridized carbons (Fsp3) is 0.278. The summed E-state index contributed by atoms with van der Waals surface area (Å²) in [5.74, 6) is -0.739. The first-order chi connectivity index (χ1) is 12.5. The van der Waals surface area contributed by atoms with Gasteiger partial charge in [-0.25, -0.2) is 0 Å². The Morgan fingerprint density at radius 3 is 2.19 bits per heavy atom. The van der Waals surface area contributed by atoms with Crippen LogP contribution >= 0.6 is 0 Å². The van der Waals surface area contributed by atoms with E-state index in [1.54, 1.807) is 42.6 Å². The molecular formula is C18H21N3O5. The van der Waals surface area contributed by atoms with E-state index in [1.807, 2.05) is 0 Å². The fourth-order valence-electron chi connectivity index (χ4n) is 2.20. The molecule has 26 heavy (non-hydrogen) atoms. The standard InChI is InChI=1S/C18H21N3O5/c22-10-18(11-23,12-24)21-16(25)8-13-3-5-15(6-4-13)20-17(26)14-2-1-7-19-9-14/h1-7,9,22-24H,8,10-12H2,(H,20,26)(H,21,25). The molecule has 0 fully saturated rings. The molecule has 1 aromatic heterocycles. The quantitative estimate of drug-likeness (QED) is 0.440. The molecule has 5 N–H and O–H groups in total. The molecule has 0 aliphatic rings. The number of anilines is 1. The summed E-state index contributed by atoms with van der Waals surface area (Å²) in [6.07, 6.45) is 3.04. The summed E-state index contributed by atoms with van der Waals surface area (Å²) in [6.45, 7) is -1.73. The summed E-state index contributed by atoms with van der Waals surface area (Å²) >= 11 is 0. The second-order valence-corrected chi connectivity index (χ2v) is 5.87. The van der Waals surface area contributed by atoms with Crippen molar-refractivity contribution in [3.8, 4) is 0 Å². The smallest absolute Gasteiger partial charge is 0.257 e. The summed E-state index contributed by atoms with van der Waals surface area (Å²) in [7, 11) is 0. The highest BCUT2D eigenvalue weighted by molar-refractivity contribution is 6.04. The van der Waals surface area contributed by atoms with Crippen LogP contribution in [0.3, 0.4) is 0 Å². The van der Waals surface area contributed by atoms with E-state index in [1.165, 1.54) is 6.20 Å². The second-order valence-electron chi connectivity index (χ2n) is 5.87. The van der Waals surface area contributed by atoms with Gasteiger partial charge in [0.05, 0.1) is 31.8 Å². The number of amides is 2. The Kier molecular flexibility index (Phi) is 6.79. The zero-order valence-electron chi connectivity index (χ0n) is 14.1. The van der Waals surface area contributed by atoms with Crippen LogP contribution in [0.2, 0.25) is 0 Å². The average molecular weight is 359 g/mol. The highest BCUT2D eigenvalue weighted by Crippen LogP contribution is 2.12. The predicted molar refractivity (Wildman–Crippen MR) is 94.5 cm³/mol. The fourth-order valence-corrected chi connectivity index (χ4v) is 2.20. The largest absolute Gasteiger partial charge is 0.394 e. The van der Waals surface area contributed by atoms with Gasteiger partial charge < -0.3 is 26.0 Å². The van der Waals surface area contributed by atoms with Gasteiger partial charge in [0.15, 0.2) is 0 Å². The van der Waals surface area contributed by atoms with Gasteiger partial charge in [-0.15, -0.1) is 0 Å². The van der Waals surface area contributed by atoms with Gasteiger partial charge in [0.1, 0.15) is 5.54 Å². The van der Waals surface area contributed by atoms with Crippen molar-refractivity contribution in [1.82, 2.24) is 10.3 Å². The van der Waals surface area contributed by atoms with Crippen LogP contribution < -0.4 is 10.6 Å². The van der Waals surface area contributed by atoms with Gasteiger partial charge >= 0.3 is 0 Å². The number of hydrogen-bond donors (Lipinski definition) is 5. The van der Waals surface area contributed by atoms with E-state index >= 15 is 0 Å². The van der Waals surface area contributed by atoms with E-state index < -0.39 is 31.3 Å². The minimum absolute atomic E-state index is 0.00141. The first-order valence-corrected chi connectivity index (χ1v) is 7.96. The first kappa shape index (κ1) is 19.5. The number of nitrogens with one attached hydrogen (secondary N) is 2. The highest BCUT2D eigenvalue weighted by Gasteiger charge is 2.29. The van der Waals surface area contributed by atoms with Gasteiger partial charge in [-0.2, -0.15) is 0 Å². The van der Waals surface area contributed by atoms with Crippen LogP contribution in [-0.2, 0) is 11.2 Å². The van der Waals surface area contributed by atoms with Crippen molar-refractivity contribution >= 4 is 17.5 Å². The average Bonchev–Trinajstić information content (AvgIpc) is 2.68. The van der Waals surface area contributed by atoms with Crippen molar-refractivity contribution < 1.29 is 24.9 Å². The third kappa shape index (κ3) is 5.09.